The Kier molecular flexibility index (Phi) is 6.49. The van der Waals surface area contributed by atoms with Crippen LogP contribution in [0.5, 0.6) is 0 Å². The fourth-order valence-corrected chi connectivity index (χ4v) is 4.95. The molecule has 148 valence electrons. The first kappa shape index (κ1) is 19.8. The third kappa shape index (κ3) is 5.07. The number of ether oxygens (including phenoxy) is 1. The zero-order valence-corrected chi connectivity index (χ0v) is 16.2. The van der Waals surface area contributed by atoms with Gasteiger partial charge in [0.05, 0.1) is 17.0 Å². The second kappa shape index (κ2) is 8.84. The Labute approximate surface area is 160 Å². The number of hydrogen-bond donors (Lipinski definition) is 1. The van der Waals surface area contributed by atoms with Crippen LogP contribution in [-0.4, -0.2) is 50.3 Å². The molecule has 1 aromatic rings. The number of benzene rings is 1. The summed E-state index contributed by atoms with van der Waals surface area (Å²) in [5.74, 6) is -0.821. The predicted molar refractivity (Wildman–Crippen MR) is 99.7 cm³/mol. The number of nitrogens with zero attached hydrogens (tertiary/aromatic N) is 1. The van der Waals surface area contributed by atoms with E-state index < -0.39 is 16.0 Å². The summed E-state index contributed by atoms with van der Waals surface area (Å²) in [4.78, 5) is 24.0. The number of sulfonamides is 1. The highest BCUT2D eigenvalue weighted by atomic mass is 32.2. The lowest BCUT2D eigenvalue weighted by molar-refractivity contribution is -0.122. The summed E-state index contributed by atoms with van der Waals surface area (Å²) < 4.78 is 32.3. The monoisotopic (exact) mass is 394 g/mol. The van der Waals surface area contributed by atoms with E-state index in [0.29, 0.717) is 0 Å². The van der Waals surface area contributed by atoms with Gasteiger partial charge in [-0.2, -0.15) is 4.31 Å². The van der Waals surface area contributed by atoms with Gasteiger partial charge < -0.3 is 10.1 Å². The molecular formula is C19H26N2O5S. The first-order chi connectivity index (χ1) is 13.0. The van der Waals surface area contributed by atoms with E-state index in [1.807, 2.05) is 0 Å². The minimum Gasteiger partial charge on any atom is -0.459 e. The van der Waals surface area contributed by atoms with Crippen LogP contribution in [0.2, 0.25) is 0 Å². The van der Waals surface area contributed by atoms with E-state index in [2.05, 4.69) is 5.32 Å². The van der Waals surface area contributed by atoms with Crippen molar-refractivity contribution in [3.05, 3.63) is 29.8 Å². The molecule has 2 fully saturated rings. The summed E-state index contributed by atoms with van der Waals surface area (Å²) in [6.07, 6.45) is 7.24. The first-order valence-electron chi connectivity index (χ1n) is 9.55. The molecule has 3 rings (SSSR count). The zero-order chi connectivity index (χ0) is 19.3. The van der Waals surface area contributed by atoms with Gasteiger partial charge >= 0.3 is 5.97 Å². The molecule has 1 heterocycles. The number of carbonyl (C=O) groups excluding carboxylic acids is 2. The van der Waals surface area contributed by atoms with Crippen LogP contribution in [0.4, 0.5) is 0 Å². The van der Waals surface area contributed by atoms with Crippen molar-refractivity contribution in [2.24, 2.45) is 0 Å². The van der Waals surface area contributed by atoms with Gasteiger partial charge in [0.15, 0.2) is 0 Å². The van der Waals surface area contributed by atoms with Crippen molar-refractivity contribution in [3.8, 4) is 0 Å². The highest BCUT2D eigenvalue weighted by Gasteiger charge is 2.30. The van der Waals surface area contributed by atoms with Crippen LogP contribution < -0.4 is 5.32 Å². The number of esters is 1. The van der Waals surface area contributed by atoms with Crippen LogP contribution in [0.15, 0.2) is 29.2 Å². The van der Waals surface area contributed by atoms with Crippen LogP contribution in [0.25, 0.3) is 0 Å². The second-order valence-corrected chi connectivity index (χ2v) is 9.03. The Hall–Kier alpha value is -1.93. The van der Waals surface area contributed by atoms with Crippen molar-refractivity contribution in [1.29, 1.82) is 0 Å². The minimum atomic E-state index is -3.83. The van der Waals surface area contributed by atoms with Crippen LogP contribution in [0.1, 0.15) is 55.3 Å². The van der Waals surface area contributed by atoms with Crippen molar-refractivity contribution in [2.75, 3.05) is 19.6 Å². The van der Waals surface area contributed by atoms with Gasteiger partial charge in [-0.3, -0.25) is 4.79 Å². The summed E-state index contributed by atoms with van der Waals surface area (Å²) in [6.45, 7) is 0.283. The number of hydrogen-bond acceptors (Lipinski definition) is 5. The standard InChI is InChI=1S/C19H26N2O5S/c22-18-14-21(12-11-20-18)27(24,25)17-10-6-7-15(13-17)19(23)26-16-8-4-2-1-3-5-9-16/h6-7,10,13,16H,1-5,8-9,11-12,14H2,(H,20,22). The van der Waals surface area contributed by atoms with E-state index in [9.17, 15) is 18.0 Å². The number of rotatable bonds is 4. The molecule has 1 aliphatic carbocycles. The van der Waals surface area contributed by atoms with Gasteiger partial charge in [-0.1, -0.05) is 25.3 Å². The molecule has 1 aromatic carbocycles. The van der Waals surface area contributed by atoms with Crippen LogP contribution in [0.3, 0.4) is 0 Å². The summed E-state index contributed by atoms with van der Waals surface area (Å²) in [6, 6.07) is 5.88. The number of amides is 1. The maximum Gasteiger partial charge on any atom is 0.338 e. The summed E-state index contributed by atoms with van der Waals surface area (Å²) in [5, 5.41) is 2.60. The maximum atomic E-state index is 12.8. The fraction of sp³-hybridized carbons (Fsp3) is 0.579. The molecule has 1 aliphatic heterocycles. The number of carbonyl (C=O) groups is 2. The maximum absolute atomic E-state index is 12.8. The molecule has 2 aliphatic rings. The molecule has 1 saturated heterocycles. The molecule has 1 saturated carbocycles. The minimum absolute atomic E-state index is 0.00400. The van der Waals surface area contributed by atoms with Gasteiger partial charge in [-0.15, -0.1) is 0 Å². The Morgan fingerprint density at radius 3 is 2.52 bits per heavy atom. The second-order valence-electron chi connectivity index (χ2n) is 7.09. The number of nitrogens with one attached hydrogen (secondary N) is 1. The van der Waals surface area contributed by atoms with E-state index in [-0.39, 0.29) is 42.1 Å². The quantitative estimate of drug-likeness (QED) is 0.789. The summed E-state index contributed by atoms with van der Waals surface area (Å²) in [5.41, 5.74) is 0.222. The summed E-state index contributed by atoms with van der Waals surface area (Å²) >= 11 is 0. The van der Waals surface area contributed by atoms with Gasteiger partial charge in [0.25, 0.3) is 0 Å². The van der Waals surface area contributed by atoms with Crippen LogP contribution in [0, 0.1) is 0 Å². The number of piperazine rings is 1. The highest BCUT2D eigenvalue weighted by molar-refractivity contribution is 7.89. The van der Waals surface area contributed by atoms with Gasteiger partial charge in [-0.05, 0) is 43.9 Å². The molecule has 0 aromatic heterocycles. The smallest absolute Gasteiger partial charge is 0.338 e. The Morgan fingerprint density at radius 2 is 1.81 bits per heavy atom. The lowest BCUT2D eigenvalue weighted by atomic mass is 9.98. The zero-order valence-electron chi connectivity index (χ0n) is 15.4. The average molecular weight is 394 g/mol. The average Bonchev–Trinajstić information content (AvgIpc) is 2.64. The Morgan fingerprint density at radius 1 is 1.11 bits per heavy atom. The Bertz CT molecular complexity index is 785. The Balaban J connectivity index is 1.72. The van der Waals surface area contributed by atoms with Gasteiger partial charge in [0.1, 0.15) is 6.10 Å². The molecule has 27 heavy (non-hydrogen) atoms. The van der Waals surface area contributed by atoms with Crippen molar-refractivity contribution < 1.29 is 22.7 Å². The molecule has 0 spiro atoms. The normalized spacial score (nSPS) is 20.4. The van der Waals surface area contributed by atoms with Crippen molar-refractivity contribution >= 4 is 21.9 Å². The molecule has 0 radical (unpaired) electrons. The van der Waals surface area contributed by atoms with E-state index in [1.165, 1.54) is 24.6 Å². The van der Waals surface area contributed by atoms with Crippen LogP contribution >= 0.6 is 0 Å². The molecule has 0 unspecified atom stereocenters. The topological polar surface area (TPSA) is 92.8 Å². The molecule has 1 N–H and O–H groups in total. The van der Waals surface area contributed by atoms with E-state index >= 15 is 0 Å². The van der Waals surface area contributed by atoms with Gasteiger partial charge in [0, 0.05) is 13.1 Å². The molecule has 1 amide bonds. The van der Waals surface area contributed by atoms with Crippen LogP contribution in [-0.2, 0) is 19.6 Å². The van der Waals surface area contributed by atoms with Crippen molar-refractivity contribution in [2.45, 2.75) is 55.9 Å². The predicted octanol–water partition coefficient (Wildman–Crippen LogP) is 2.08. The highest BCUT2D eigenvalue weighted by Crippen LogP contribution is 2.22. The molecule has 0 atom stereocenters. The van der Waals surface area contributed by atoms with E-state index in [0.717, 1.165) is 42.8 Å². The van der Waals surface area contributed by atoms with Gasteiger partial charge in [0.2, 0.25) is 15.9 Å². The van der Waals surface area contributed by atoms with Gasteiger partial charge in [-0.25, -0.2) is 13.2 Å². The third-order valence-corrected chi connectivity index (χ3v) is 6.88. The largest absolute Gasteiger partial charge is 0.459 e. The van der Waals surface area contributed by atoms with Crippen molar-refractivity contribution in [1.82, 2.24) is 9.62 Å². The lowest BCUT2D eigenvalue weighted by Crippen LogP contribution is -2.49. The summed E-state index contributed by atoms with van der Waals surface area (Å²) in [7, 11) is -3.83. The molecular weight excluding hydrogens is 368 g/mol. The SMILES string of the molecule is O=C1CN(S(=O)(=O)c2cccc(C(=O)OC3CCCCCCC3)c2)CCN1. The van der Waals surface area contributed by atoms with Crippen molar-refractivity contribution in [3.63, 3.8) is 0 Å². The fourth-order valence-electron chi connectivity index (χ4n) is 3.51. The molecule has 0 bridgehead atoms. The lowest BCUT2D eigenvalue weighted by Gasteiger charge is -2.26. The molecule has 8 heteroatoms. The van der Waals surface area contributed by atoms with E-state index in [4.69, 9.17) is 4.74 Å². The molecule has 7 nitrogen and oxygen atoms in total. The first-order valence-corrected chi connectivity index (χ1v) is 11.0. The van der Waals surface area contributed by atoms with E-state index in [1.54, 1.807) is 6.07 Å². The third-order valence-electron chi connectivity index (χ3n) is 5.04.